The number of ketones is 1. The number of Topliss-reactive ketones (excluding diaryl/α,β-unsaturated/α-hetero) is 1. The van der Waals surface area contributed by atoms with Crippen LogP contribution in [0.15, 0.2) is 30.3 Å². The molecule has 0 aliphatic carbocycles. The van der Waals surface area contributed by atoms with E-state index in [-0.39, 0.29) is 5.78 Å². The molecule has 4 nitrogen and oxygen atoms in total. The summed E-state index contributed by atoms with van der Waals surface area (Å²) in [6.45, 7) is 0. The first-order valence-corrected chi connectivity index (χ1v) is 5.57. The molecule has 0 aliphatic heterocycles. The zero-order chi connectivity index (χ0) is 12.7. The van der Waals surface area contributed by atoms with E-state index in [0.717, 1.165) is 0 Å². The van der Waals surface area contributed by atoms with Gasteiger partial charge in [-0.2, -0.15) is 0 Å². The maximum Gasteiger partial charge on any atom is 0.322 e. The highest BCUT2D eigenvalue weighted by atomic mass is 16.5. The fourth-order valence-electron chi connectivity index (χ4n) is 1.52. The summed E-state index contributed by atoms with van der Waals surface area (Å²) in [5, 5.41) is 0. The summed E-state index contributed by atoms with van der Waals surface area (Å²) in [5.41, 5.74) is 6.26. The van der Waals surface area contributed by atoms with Gasteiger partial charge in [0.05, 0.1) is 7.11 Å². The second kappa shape index (κ2) is 6.81. The largest absolute Gasteiger partial charge is 0.468 e. The summed E-state index contributed by atoms with van der Waals surface area (Å²) < 4.78 is 4.51. The van der Waals surface area contributed by atoms with Crippen LogP contribution in [0.4, 0.5) is 0 Å². The quantitative estimate of drug-likeness (QED) is 0.599. The third-order valence-corrected chi connectivity index (χ3v) is 2.52. The lowest BCUT2D eigenvalue weighted by molar-refractivity contribution is -0.142. The molecule has 1 unspecified atom stereocenters. The zero-order valence-electron chi connectivity index (χ0n) is 9.89. The Hall–Kier alpha value is -1.68. The molecule has 0 heterocycles. The molecule has 0 saturated carbocycles. The number of carbonyl (C=O) groups excluding carboxylic acids is 2. The van der Waals surface area contributed by atoms with Crippen molar-refractivity contribution >= 4 is 11.8 Å². The fourth-order valence-corrected chi connectivity index (χ4v) is 1.52. The second-order valence-electron chi connectivity index (χ2n) is 3.81. The first-order chi connectivity index (χ1) is 8.15. The molecule has 0 saturated heterocycles. The maximum absolute atomic E-state index is 11.7. The van der Waals surface area contributed by atoms with E-state index in [9.17, 15) is 9.59 Å². The van der Waals surface area contributed by atoms with Crippen molar-refractivity contribution < 1.29 is 14.3 Å². The Labute approximate surface area is 101 Å². The topological polar surface area (TPSA) is 69.4 Å². The monoisotopic (exact) mass is 235 g/mol. The molecule has 4 heteroatoms. The Bertz CT molecular complexity index is 376. The SMILES string of the molecule is COC(=O)C(N)CCCC(=O)c1ccccc1. The molecule has 2 N–H and O–H groups in total. The van der Waals surface area contributed by atoms with Crippen molar-refractivity contribution in [3.8, 4) is 0 Å². The predicted molar refractivity (Wildman–Crippen MR) is 64.6 cm³/mol. The van der Waals surface area contributed by atoms with Gasteiger partial charge in [0.15, 0.2) is 5.78 Å². The number of rotatable bonds is 6. The Morgan fingerprint density at radius 3 is 2.53 bits per heavy atom. The second-order valence-corrected chi connectivity index (χ2v) is 3.81. The number of hydrogen-bond acceptors (Lipinski definition) is 4. The highest BCUT2D eigenvalue weighted by Crippen LogP contribution is 2.08. The Balaban J connectivity index is 2.32. The van der Waals surface area contributed by atoms with Gasteiger partial charge in [0, 0.05) is 12.0 Å². The van der Waals surface area contributed by atoms with Crippen LogP contribution in [0.2, 0.25) is 0 Å². The molecule has 1 atom stereocenters. The number of ether oxygens (including phenoxy) is 1. The van der Waals surface area contributed by atoms with Crippen molar-refractivity contribution in [3.63, 3.8) is 0 Å². The fraction of sp³-hybridized carbons (Fsp3) is 0.385. The van der Waals surface area contributed by atoms with Crippen LogP contribution in [0.3, 0.4) is 0 Å². The summed E-state index contributed by atoms with van der Waals surface area (Å²) in [5.74, 6) is -0.361. The Kier molecular flexibility index (Phi) is 5.36. The van der Waals surface area contributed by atoms with Crippen LogP contribution in [0, 0.1) is 0 Å². The van der Waals surface area contributed by atoms with E-state index in [0.29, 0.717) is 24.8 Å². The molecule has 0 aliphatic rings. The number of hydrogen-bond donors (Lipinski definition) is 1. The summed E-state index contributed by atoms with van der Waals surface area (Å²) >= 11 is 0. The normalized spacial score (nSPS) is 11.9. The molecular formula is C13H17NO3. The third-order valence-electron chi connectivity index (χ3n) is 2.52. The van der Waals surface area contributed by atoms with Crippen LogP contribution in [-0.4, -0.2) is 24.9 Å². The minimum atomic E-state index is -0.636. The van der Waals surface area contributed by atoms with Crippen molar-refractivity contribution in [1.82, 2.24) is 0 Å². The molecule has 1 aromatic rings. The van der Waals surface area contributed by atoms with E-state index in [1.807, 2.05) is 18.2 Å². The summed E-state index contributed by atoms with van der Waals surface area (Å²) in [7, 11) is 1.30. The molecule has 0 aromatic heterocycles. The number of carbonyl (C=O) groups is 2. The van der Waals surface area contributed by atoms with E-state index in [1.54, 1.807) is 12.1 Å². The molecule has 0 radical (unpaired) electrons. The summed E-state index contributed by atoms with van der Waals surface area (Å²) in [6.07, 6.45) is 1.45. The van der Waals surface area contributed by atoms with E-state index in [1.165, 1.54) is 7.11 Å². The zero-order valence-corrected chi connectivity index (χ0v) is 9.89. The predicted octanol–water partition coefficient (Wildman–Crippen LogP) is 1.54. The minimum Gasteiger partial charge on any atom is -0.468 e. The lowest BCUT2D eigenvalue weighted by Crippen LogP contribution is -2.31. The first-order valence-electron chi connectivity index (χ1n) is 5.57. The van der Waals surface area contributed by atoms with Crippen LogP contribution in [-0.2, 0) is 9.53 Å². The standard InChI is InChI=1S/C13H17NO3/c1-17-13(16)11(14)8-5-9-12(15)10-6-3-2-4-7-10/h2-4,6-7,11H,5,8-9,14H2,1H3. The van der Waals surface area contributed by atoms with Gasteiger partial charge in [0.1, 0.15) is 6.04 Å². The van der Waals surface area contributed by atoms with E-state index >= 15 is 0 Å². The molecule has 92 valence electrons. The van der Waals surface area contributed by atoms with Gasteiger partial charge < -0.3 is 10.5 Å². The molecule has 0 fully saturated rings. The maximum atomic E-state index is 11.7. The van der Waals surface area contributed by atoms with Crippen molar-refractivity contribution in [3.05, 3.63) is 35.9 Å². The van der Waals surface area contributed by atoms with E-state index < -0.39 is 12.0 Å². The summed E-state index contributed by atoms with van der Waals surface area (Å²) in [6, 6.07) is 8.44. The van der Waals surface area contributed by atoms with Gasteiger partial charge in [-0.3, -0.25) is 9.59 Å². The third kappa shape index (κ3) is 4.36. The average molecular weight is 235 g/mol. The minimum absolute atomic E-state index is 0.0719. The molecule has 0 bridgehead atoms. The van der Waals surface area contributed by atoms with E-state index in [4.69, 9.17) is 5.73 Å². The summed E-state index contributed by atoms with van der Waals surface area (Å²) in [4.78, 5) is 22.7. The van der Waals surface area contributed by atoms with Gasteiger partial charge in [-0.05, 0) is 12.8 Å². The van der Waals surface area contributed by atoms with Crippen LogP contribution < -0.4 is 5.73 Å². The molecular weight excluding hydrogens is 218 g/mol. The number of benzene rings is 1. The van der Waals surface area contributed by atoms with Gasteiger partial charge in [-0.1, -0.05) is 30.3 Å². The lowest BCUT2D eigenvalue weighted by Gasteiger charge is -2.08. The van der Waals surface area contributed by atoms with Crippen molar-refractivity contribution in [2.45, 2.75) is 25.3 Å². The highest BCUT2D eigenvalue weighted by Gasteiger charge is 2.14. The number of methoxy groups -OCH3 is 1. The smallest absolute Gasteiger partial charge is 0.322 e. The van der Waals surface area contributed by atoms with Gasteiger partial charge in [0.2, 0.25) is 0 Å². The lowest BCUT2D eigenvalue weighted by atomic mass is 10.0. The van der Waals surface area contributed by atoms with Gasteiger partial charge in [-0.25, -0.2) is 0 Å². The average Bonchev–Trinajstić information content (AvgIpc) is 2.38. The highest BCUT2D eigenvalue weighted by molar-refractivity contribution is 5.95. The van der Waals surface area contributed by atoms with Crippen molar-refractivity contribution in [1.29, 1.82) is 0 Å². The Morgan fingerprint density at radius 1 is 1.29 bits per heavy atom. The first kappa shape index (κ1) is 13.4. The van der Waals surface area contributed by atoms with Crippen molar-refractivity contribution in [2.24, 2.45) is 5.73 Å². The van der Waals surface area contributed by atoms with Crippen LogP contribution in [0.5, 0.6) is 0 Å². The Morgan fingerprint density at radius 2 is 1.94 bits per heavy atom. The number of nitrogens with two attached hydrogens (primary N) is 1. The van der Waals surface area contributed by atoms with Crippen LogP contribution in [0.25, 0.3) is 0 Å². The van der Waals surface area contributed by atoms with Crippen LogP contribution >= 0.6 is 0 Å². The molecule has 17 heavy (non-hydrogen) atoms. The van der Waals surface area contributed by atoms with Gasteiger partial charge >= 0.3 is 5.97 Å². The van der Waals surface area contributed by atoms with Crippen molar-refractivity contribution in [2.75, 3.05) is 7.11 Å². The van der Waals surface area contributed by atoms with Gasteiger partial charge in [0.25, 0.3) is 0 Å². The molecule has 0 spiro atoms. The molecule has 0 amide bonds. The number of esters is 1. The molecule has 1 aromatic carbocycles. The molecule has 1 rings (SSSR count). The van der Waals surface area contributed by atoms with Gasteiger partial charge in [-0.15, -0.1) is 0 Å². The van der Waals surface area contributed by atoms with Crippen LogP contribution in [0.1, 0.15) is 29.6 Å². The van der Waals surface area contributed by atoms with E-state index in [2.05, 4.69) is 4.74 Å².